The summed E-state index contributed by atoms with van der Waals surface area (Å²) in [5.41, 5.74) is -0.0815. The summed E-state index contributed by atoms with van der Waals surface area (Å²) in [5, 5.41) is 3.55. The molecule has 4 heteroatoms. The lowest BCUT2D eigenvalue weighted by molar-refractivity contribution is -0.0174. The van der Waals surface area contributed by atoms with Crippen LogP contribution < -0.4 is 5.32 Å². The third kappa shape index (κ3) is 3.10. The van der Waals surface area contributed by atoms with Gasteiger partial charge < -0.3 is 9.64 Å². The Labute approximate surface area is 105 Å². The molecule has 0 aromatic carbocycles. The van der Waals surface area contributed by atoms with Crippen molar-refractivity contribution in [3.05, 3.63) is 0 Å². The van der Waals surface area contributed by atoms with Gasteiger partial charge in [0, 0.05) is 18.5 Å². The Hall–Kier alpha value is 0.170. The lowest BCUT2D eigenvalue weighted by Crippen LogP contribution is -2.46. The molecule has 2 aliphatic rings. The summed E-state index contributed by atoms with van der Waals surface area (Å²) in [6, 6.07) is 1.23. The van der Waals surface area contributed by atoms with Crippen molar-refractivity contribution in [2.45, 2.75) is 57.8 Å². The minimum absolute atomic E-state index is 0. The largest absolute Gasteiger partial charge is 0.359 e. The average molecular weight is 249 g/mol. The normalized spacial score (nSPS) is 39.9. The van der Waals surface area contributed by atoms with E-state index in [1.54, 1.807) is 0 Å². The van der Waals surface area contributed by atoms with Crippen molar-refractivity contribution in [3.63, 3.8) is 0 Å². The van der Waals surface area contributed by atoms with E-state index in [1.807, 2.05) is 0 Å². The fraction of sp³-hybridized carbons (Fsp3) is 1.00. The van der Waals surface area contributed by atoms with E-state index in [9.17, 15) is 0 Å². The van der Waals surface area contributed by atoms with Crippen LogP contribution in [0, 0.1) is 0 Å². The molecule has 3 unspecified atom stereocenters. The van der Waals surface area contributed by atoms with E-state index in [0.717, 1.165) is 19.1 Å². The fourth-order valence-corrected chi connectivity index (χ4v) is 3.02. The molecule has 2 heterocycles. The molecule has 96 valence electrons. The van der Waals surface area contributed by atoms with E-state index in [0.29, 0.717) is 6.04 Å². The van der Waals surface area contributed by atoms with Crippen molar-refractivity contribution in [1.29, 1.82) is 0 Å². The number of rotatable bonds is 3. The molecule has 0 radical (unpaired) electrons. The van der Waals surface area contributed by atoms with Gasteiger partial charge in [0.2, 0.25) is 0 Å². The summed E-state index contributed by atoms with van der Waals surface area (Å²) in [5.74, 6) is 0. The standard InChI is InChI=1S/C12H24N2O.ClH/c1-4-14-7-5-6-11(14)8-12(3)13-10(2)9-15-12;/h10-11,13H,4-9H2,1-3H3;1H. The zero-order valence-electron chi connectivity index (χ0n) is 10.7. The van der Waals surface area contributed by atoms with Crippen molar-refractivity contribution in [2.75, 3.05) is 19.7 Å². The summed E-state index contributed by atoms with van der Waals surface area (Å²) >= 11 is 0. The summed E-state index contributed by atoms with van der Waals surface area (Å²) in [7, 11) is 0. The number of nitrogens with one attached hydrogen (secondary N) is 1. The quantitative estimate of drug-likeness (QED) is 0.827. The second kappa shape index (κ2) is 5.67. The van der Waals surface area contributed by atoms with Crippen LogP contribution in [-0.2, 0) is 4.74 Å². The third-order valence-electron chi connectivity index (χ3n) is 3.73. The van der Waals surface area contributed by atoms with Crippen LogP contribution in [0.2, 0.25) is 0 Å². The first-order chi connectivity index (χ1) is 7.13. The highest BCUT2D eigenvalue weighted by atomic mass is 35.5. The second-order valence-corrected chi connectivity index (χ2v) is 5.22. The molecule has 2 fully saturated rings. The molecule has 0 saturated carbocycles. The van der Waals surface area contributed by atoms with Crippen molar-refractivity contribution in [2.24, 2.45) is 0 Å². The van der Waals surface area contributed by atoms with Gasteiger partial charge in [0.1, 0.15) is 5.72 Å². The zero-order chi connectivity index (χ0) is 10.9. The molecule has 0 amide bonds. The van der Waals surface area contributed by atoms with Gasteiger partial charge in [-0.25, -0.2) is 0 Å². The van der Waals surface area contributed by atoms with E-state index in [1.165, 1.54) is 25.9 Å². The predicted octanol–water partition coefficient (Wildman–Crippen LogP) is 2.01. The van der Waals surface area contributed by atoms with Gasteiger partial charge in [0.05, 0.1) is 6.61 Å². The average Bonchev–Trinajstić information content (AvgIpc) is 2.74. The predicted molar refractivity (Wildman–Crippen MR) is 69.1 cm³/mol. The maximum absolute atomic E-state index is 5.87. The molecule has 3 atom stereocenters. The molecule has 0 aromatic heterocycles. The van der Waals surface area contributed by atoms with Crippen molar-refractivity contribution in [1.82, 2.24) is 10.2 Å². The van der Waals surface area contributed by atoms with Crippen molar-refractivity contribution >= 4 is 12.4 Å². The first-order valence-electron chi connectivity index (χ1n) is 6.28. The minimum Gasteiger partial charge on any atom is -0.359 e. The topological polar surface area (TPSA) is 24.5 Å². The Morgan fingerprint density at radius 2 is 2.25 bits per heavy atom. The molecule has 16 heavy (non-hydrogen) atoms. The van der Waals surface area contributed by atoms with Crippen LogP contribution in [-0.4, -0.2) is 42.4 Å². The smallest absolute Gasteiger partial charge is 0.118 e. The summed E-state index contributed by atoms with van der Waals surface area (Å²) in [6.45, 7) is 9.95. The fourth-order valence-electron chi connectivity index (χ4n) is 3.02. The number of nitrogens with zero attached hydrogens (tertiary/aromatic N) is 1. The maximum Gasteiger partial charge on any atom is 0.118 e. The lowest BCUT2D eigenvalue weighted by atomic mass is 10.0. The van der Waals surface area contributed by atoms with Crippen molar-refractivity contribution in [3.8, 4) is 0 Å². The lowest BCUT2D eigenvalue weighted by Gasteiger charge is -2.31. The minimum atomic E-state index is -0.0815. The highest BCUT2D eigenvalue weighted by molar-refractivity contribution is 5.85. The maximum atomic E-state index is 5.87. The van der Waals surface area contributed by atoms with Crippen LogP contribution >= 0.6 is 12.4 Å². The highest BCUT2D eigenvalue weighted by Gasteiger charge is 2.38. The van der Waals surface area contributed by atoms with Crippen LogP contribution in [0.25, 0.3) is 0 Å². The van der Waals surface area contributed by atoms with Crippen LogP contribution in [0.15, 0.2) is 0 Å². The summed E-state index contributed by atoms with van der Waals surface area (Å²) in [4.78, 5) is 2.58. The molecule has 2 aliphatic heterocycles. The second-order valence-electron chi connectivity index (χ2n) is 5.22. The molecule has 0 aromatic rings. The van der Waals surface area contributed by atoms with E-state index in [2.05, 4.69) is 31.0 Å². The zero-order valence-corrected chi connectivity index (χ0v) is 11.5. The third-order valence-corrected chi connectivity index (χ3v) is 3.73. The molecule has 0 aliphatic carbocycles. The Morgan fingerprint density at radius 1 is 1.50 bits per heavy atom. The Bertz CT molecular complexity index is 227. The number of hydrogen-bond donors (Lipinski definition) is 1. The van der Waals surface area contributed by atoms with Gasteiger partial charge in [-0.15, -0.1) is 12.4 Å². The van der Waals surface area contributed by atoms with Crippen LogP contribution in [0.4, 0.5) is 0 Å². The number of ether oxygens (including phenoxy) is 1. The Balaban J connectivity index is 0.00000128. The van der Waals surface area contributed by atoms with E-state index in [4.69, 9.17) is 4.74 Å². The highest BCUT2D eigenvalue weighted by Crippen LogP contribution is 2.28. The summed E-state index contributed by atoms with van der Waals surface area (Å²) in [6.07, 6.45) is 3.82. The Kier molecular flexibility index (Phi) is 5.05. The Morgan fingerprint density at radius 3 is 2.81 bits per heavy atom. The van der Waals surface area contributed by atoms with Crippen LogP contribution in [0.5, 0.6) is 0 Å². The van der Waals surface area contributed by atoms with E-state index < -0.39 is 0 Å². The van der Waals surface area contributed by atoms with Gasteiger partial charge in [-0.2, -0.15) is 0 Å². The molecule has 3 nitrogen and oxygen atoms in total. The molecule has 1 N–H and O–H groups in total. The van der Waals surface area contributed by atoms with Crippen LogP contribution in [0.1, 0.15) is 40.0 Å². The van der Waals surface area contributed by atoms with Gasteiger partial charge in [-0.1, -0.05) is 6.92 Å². The molecular formula is C12H25ClN2O. The first-order valence-corrected chi connectivity index (χ1v) is 6.28. The van der Waals surface area contributed by atoms with Gasteiger partial charge >= 0.3 is 0 Å². The van der Waals surface area contributed by atoms with E-state index >= 15 is 0 Å². The first kappa shape index (κ1) is 14.2. The molecule has 2 saturated heterocycles. The van der Waals surface area contributed by atoms with Crippen molar-refractivity contribution < 1.29 is 4.74 Å². The van der Waals surface area contributed by atoms with Crippen LogP contribution in [0.3, 0.4) is 0 Å². The monoisotopic (exact) mass is 248 g/mol. The molecular weight excluding hydrogens is 224 g/mol. The van der Waals surface area contributed by atoms with Gasteiger partial charge in [0.15, 0.2) is 0 Å². The van der Waals surface area contributed by atoms with E-state index in [-0.39, 0.29) is 18.1 Å². The molecule has 0 spiro atoms. The molecule has 0 bridgehead atoms. The number of hydrogen-bond acceptors (Lipinski definition) is 3. The van der Waals surface area contributed by atoms with Gasteiger partial charge in [-0.05, 0) is 39.8 Å². The van der Waals surface area contributed by atoms with Gasteiger partial charge in [-0.3, -0.25) is 5.32 Å². The molecule has 2 rings (SSSR count). The van der Waals surface area contributed by atoms with Gasteiger partial charge in [0.25, 0.3) is 0 Å². The number of likely N-dealkylation sites (tertiary alicyclic amines) is 1. The SMILES string of the molecule is CCN1CCCC1CC1(C)NC(C)CO1.Cl. The number of halogens is 1. The summed E-state index contributed by atoms with van der Waals surface area (Å²) < 4.78 is 5.87.